The Kier molecular flexibility index (Phi) is 4.43. The van der Waals surface area contributed by atoms with E-state index in [0.29, 0.717) is 13.2 Å². The van der Waals surface area contributed by atoms with Crippen molar-refractivity contribution in [3.05, 3.63) is 30.0 Å². The number of hydrogen-bond donors (Lipinski definition) is 2. The third kappa shape index (κ3) is 3.56. The summed E-state index contributed by atoms with van der Waals surface area (Å²) in [6, 6.07) is 8.00. The summed E-state index contributed by atoms with van der Waals surface area (Å²) < 4.78 is 11.1. The number of aryl methyl sites for hydroxylation is 1. The summed E-state index contributed by atoms with van der Waals surface area (Å²) in [5.74, 6) is 0.817. The minimum Gasteiger partial charge on any atom is -0.490 e. The summed E-state index contributed by atoms with van der Waals surface area (Å²) in [7, 11) is 0. The zero-order valence-corrected chi connectivity index (χ0v) is 12.3. The lowest BCUT2D eigenvalue weighted by molar-refractivity contribution is 0.00480. The molecule has 0 bridgehead atoms. The molecule has 21 heavy (non-hydrogen) atoms. The van der Waals surface area contributed by atoms with Crippen LogP contribution in [0.2, 0.25) is 0 Å². The van der Waals surface area contributed by atoms with Crippen LogP contribution in [0.3, 0.4) is 0 Å². The standard InChI is InChI=1S/C16H22N2O3/c1-12-9-14-15(17-12)3-2-4-16(14)21-11-13(19)10-18-5-7-20-8-6-18/h2-4,9,13,17,19H,5-8,10-11H2,1H3. The van der Waals surface area contributed by atoms with Crippen LogP contribution in [0.4, 0.5) is 0 Å². The minimum atomic E-state index is -0.488. The highest BCUT2D eigenvalue weighted by molar-refractivity contribution is 5.86. The fourth-order valence-corrected chi connectivity index (χ4v) is 2.71. The topological polar surface area (TPSA) is 57.7 Å². The van der Waals surface area contributed by atoms with Crippen LogP contribution in [0.5, 0.6) is 5.75 Å². The van der Waals surface area contributed by atoms with Crippen molar-refractivity contribution in [3.63, 3.8) is 0 Å². The van der Waals surface area contributed by atoms with Crippen molar-refractivity contribution >= 4 is 10.9 Å². The Morgan fingerprint density at radius 2 is 2.19 bits per heavy atom. The van der Waals surface area contributed by atoms with Gasteiger partial charge >= 0.3 is 0 Å². The van der Waals surface area contributed by atoms with Gasteiger partial charge in [0.15, 0.2) is 0 Å². The van der Waals surface area contributed by atoms with Crippen molar-refractivity contribution in [3.8, 4) is 5.75 Å². The molecule has 2 N–H and O–H groups in total. The maximum atomic E-state index is 10.1. The highest BCUT2D eigenvalue weighted by Crippen LogP contribution is 2.26. The molecular weight excluding hydrogens is 268 g/mol. The number of ether oxygens (including phenoxy) is 2. The molecule has 1 aromatic carbocycles. The van der Waals surface area contributed by atoms with Crippen LogP contribution in [0.1, 0.15) is 5.69 Å². The second-order valence-electron chi connectivity index (χ2n) is 5.55. The summed E-state index contributed by atoms with van der Waals surface area (Å²) in [5, 5.41) is 11.2. The Labute approximate surface area is 124 Å². The van der Waals surface area contributed by atoms with E-state index in [9.17, 15) is 5.11 Å². The number of nitrogens with one attached hydrogen (secondary N) is 1. The molecule has 1 aliphatic heterocycles. The molecule has 0 radical (unpaired) electrons. The Hall–Kier alpha value is -1.56. The van der Waals surface area contributed by atoms with Gasteiger partial charge in [0, 0.05) is 36.2 Å². The molecule has 0 spiro atoms. The minimum absolute atomic E-state index is 0.306. The summed E-state index contributed by atoms with van der Waals surface area (Å²) in [6.45, 7) is 6.21. The molecule has 1 aliphatic rings. The Morgan fingerprint density at radius 1 is 1.38 bits per heavy atom. The van der Waals surface area contributed by atoms with Crippen LogP contribution in [-0.2, 0) is 4.74 Å². The van der Waals surface area contributed by atoms with Gasteiger partial charge in [0.1, 0.15) is 18.5 Å². The van der Waals surface area contributed by atoms with Gasteiger partial charge < -0.3 is 19.6 Å². The molecule has 1 atom stereocenters. The smallest absolute Gasteiger partial charge is 0.128 e. The van der Waals surface area contributed by atoms with E-state index in [4.69, 9.17) is 9.47 Å². The molecule has 1 aromatic heterocycles. The van der Waals surface area contributed by atoms with Crippen molar-refractivity contribution < 1.29 is 14.6 Å². The second-order valence-corrected chi connectivity index (χ2v) is 5.55. The van der Waals surface area contributed by atoms with E-state index in [1.807, 2.05) is 25.1 Å². The Morgan fingerprint density at radius 3 is 3.00 bits per heavy atom. The van der Waals surface area contributed by atoms with Crippen LogP contribution in [0, 0.1) is 6.92 Å². The molecule has 1 fully saturated rings. The average Bonchev–Trinajstić information content (AvgIpc) is 2.87. The first-order chi connectivity index (χ1) is 10.2. The number of aliphatic hydroxyl groups is 1. The predicted molar refractivity (Wildman–Crippen MR) is 81.8 cm³/mol. The molecule has 3 rings (SSSR count). The van der Waals surface area contributed by atoms with Gasteiger partial charge in [0.2, 0.25) is 0 Å². The number of fused-ring (bicyclic) bond motifs is 1. The maximum Gasteiger partial charge on any atom is 0.128 e. The lowest BCUT2D eigenvalue weighted by atomic mass is 10.2. The van der Waals surface area contributed by atoms with Gasteiger partial charge in [-0.1, -0.05) is 6.07 Å². The molecule has 5 heteroatoms. The van der Waals surface area contributed by atoms with Crippen LogP contribution >= 0.6 is 0 Å². The predicted octanol–water partition coefficient (Wildman–Crippen LogP) is 1.55. The van der Waals surface area contributed by atoms with Crippen molar-refractivity contribution in [2.45, 2.75) is 13.0 Å². The van der Waals surface area contributed by atoms with Crippen molar-refractivity contribution in [2.75, 3.05) is 39.5 Å². The van der Waals surface area contributed by atoms with E-state index in [0.717, 1.165) is 48.6 Å². The lowest BCUT2D eigenvalue weighted by Gasteiger charge is -2.28. The number of morpholine rings is 1. The third-order valence-corrected chi connectivity index (χ3v) is 3.76. The molecule has 1 unspecified atom stereocenters. The van der Waals surface area contributed by atoms with Gasteiger partial charge in [-0.15, -0.1) is 0 Å². The number of rotatable bonds is 5. The van der Waals surface area contributed by atoms with Crippen LogP contribution < -0.4 is 4.74 Å². The SMILES string of the molecule is Cc1cc2c(OCC(O)CN3CCOCC3)cccc2[nH]1. The molecular formula is C16H22N2O3. The lowest BCUT2D eigenvalue weighted by Crippen LogP contribution is -2.42. The zero-order valence-electron chi connectivity index (χ0n) is 12.3. The van der Waals surface area contributed by atoms with Crippen LogP contribution in [0.15, 0.2) is 24.3 Å². The number of benzene rings is 1. The summed E-state index contributed by atoms with van der Waals surface area (Å²) in [5.41, 5.74) is 2.17. The monoisotopic (exact) mass is 290 g/mol. The molecule has 114 valence electrons. The first-order valence-corrected chi connectivity index (χ1v) is 7.41. The number of hydrogen-bond acceptors (Lipinski definition) is 4. The largest absolute Gasteiger partial charge is 0.490 e. The second kappa shape index (κ2) is 6.47. The Bertz CT molecular complexity index is 590. The fraction of sp³-hybridized carbons (Fsp3) is 0.500. The van der Waals surface area contributed by atoms with E-state index in [2.05, 4.69) is 16.0 Å². The van der Waals surface area contributed by atoms with Gasteiger partial charge in [-0.05, 0) is 25.1 Å². The maximum absolute atomic E-state index is 10.1. The molecule has 0 amide bonds. The molecule has 1 saturated heterocycles. The zero-order chi connectivity index (χ0) is 14.7. The van der Waals surface area contributed by atoms with Gasteiger partial charge in [-0.2, -0.15) is 0 Å². The number of aliphatic hydroxyl groups excluding tert-OH is 1. The number of H-pyrrole nitrogens is 1. The number of aromatic amines is 1. The normalized spacial score (nSPS) is 18.0. The number of β-amino-alcohol motifs (C(OH)–C–C–N with tert-alkyl or cyclic N) is 1. The summed E-state index contributed by atoms with van der Waals surface area (Å²) >= 11 is 0. The van der Waals surface area contributed by atoms with Gasteiger partial charge in [0.05, 0.1) is 13.2 Å². The molecule has 0 saturated carbocycles. The first-order valence-electron chi connectivity index (χ1n) is 7.41. The highest BCUT2D eigenvalue weighted by atomic mass is 16.5. The fourth-order valence-electron chi connectivity index (χ4n) is 2.71. The van der Waals surface area contributed by atoms with Crippen molar-refractivity contribution in [1.82, 2.24) is 9.88 Å². The molecule has 2 aromatic rings. The van der Waals surface area contributed by atoms with E-state index < -0.39 is 6.10 Å². The van der Waals surface area contributed by atoms with Crippen LogP contribution in [0.25, 0.3) is 10.9 Å². The molecule has 2 heterocycles. The van der Waals surface area contributed by atoms with Gasteiger partial charge in [0.25, 0.3) is 0 Å². The average molecular weight is 290 g/mol. The van der Waals surface area contributed by atoms with Gasteiger partial charge in [-0.3, -0.25) is 4.90 Å². The Balaban J connectivity index is 1.58. The third-order valence-electron chi connectivity index (χ3n) is 3.76. The summed E-state index contributed by atoms with van der Waals surface area (Å²) in [4.78, 5) is 5.49. The number of aromatic nitrogens is 1. The molecule has 0 aliphatic carbocycles. The van der Waals surface area contributed by atoms with Crippen molar-refractivity contribution in [2.24, 2.45) is 0 Å². The van der Waals surface area contributed by atoms with Crippen molar-refractivity contribution in [1.29, 1.82) is 0 Å². The quantitative estimate of drug-likeness (QED) is 0.877. The van der Waals surface area contributed by atoms with E-state index in [1.54, 1.807) is 0 Å². The highest BCUT2D eigenvalue weighted by Gasteiger charge is 2.15. The molecule has 5 nitrogen and oxygen atoms in total. The van der Waals surface area contributed by atoms with E-state index in [-0.39, 0.29) is 0 Å². The van der Waals surface area contributed by atoms with Gasteiger partial charge in [-0.25, -0.2) is 0 Å². The number of nitrogens with zero attached hydrogens (tertiary/aromatic N) is 1. The first kappa shape index (κ1) is 14.4. The summed E-state index contributed by atoms with van der Waals surface area (Å²) in [6.07, 6.45) is -0.488. The van der Waals surface area contributed by atoms with E-state index >= 15 is 0 Å². The van der Waals surface area contributed by atoms with Crippen LogP contribution in [-0.4, -0.2) is 60.5 Å². The van der Waals surface area contributed by atoms with E-state index in [1.165, 1.54) is 0 Å².